The number of thiophene rings is 1. The molecule has 2 N–H and O–H groups in total. The number of carbonyl (C=O) groups excluding carboxylic acids is 2. The van der Waals surface area contributed by atoms with Gasteiger partial charge in [-0.2, -0.15) is 0 Å². The summed E-state index contributed by atoms with van der Waals surface area (Å²) >= 11 is 2.70. The van der Waals surface area contributed by atoms with E-state index >= 15 is 0 Å². The van der Waals surface area contributed by atoms with Crippen LogP contribution < -0.4 is 15.6 Å². The molecule has 0 unspecified atom stereocenters. The lowest BCUT2D eigenvalue weighted by Crippen LogP contribution is -2.36. The molecular formula is C22H24N3O5S2+. The number of esters is 1. The summed E-state index contributed by atoms with van der Waals surface area (Å²) in [6.45, 7) is 0. The molecule has 1 aliphatic rings. The van der Waals surface area contributed by atoms with Crippen molar-refractivity contribution in [3.8, 4) is 5.69 Å². The van der Waals surface area contributed by atoms with E-state index in [4.69, 9.17) is 9.26 Å². The number of anilines is 1. The fourth-order valence-electron chi connectivity index (χ4n) is 3.71. The maximum absolute atomic E-state index is 12.6. The number of aromatic nitrogens is 2. The van der Waals surface area contributed by atoms with E-state index in [2.05, 4.69) is 10.6 Å². The minimum atomic E-state index is -0.491. The molecule has 1 aliphatic carbocycles. The van der Waals surface area contributed by atoms with Crippen molar-refractivity contribution in [2.24, 2.45) is 0 Å². The lowest BCUT2D eigenvalue weighted by atomic mass is 10.1. The van der Waals surface area contributed by atoms with Crippen LogP contribution in [0.4, 0.5) is 5.00 Å². The molecule has 0 saturated carbocycles. The maximum Gasteiger partial charge on any atom is 0.442 e. The molecule has 2 aromatic heterocycles. The maximum atomic E-state index is 12.6. The van der Waals surface area contributed by atoms with Gasteiger partial charge >= 0.3 is 16.6 Å². The van der Waals surface area contributed by atoms with Crippen molar-refractivity contribution < 1.29 is 23.5 Å². The molecule has 1 aromatic carbocycles. The molecule has 0 saturated heterocycles. The fourth-order valence-corrected chi connectivity index (χ4v) is 5.92. The third kappa shape index (κ3) is 4.81. The molecule has 4 rings (SSSR count). The van der Waals surface area contributed by atoms with Crippen LogP contribution >= 0.6 is 23.1 Å². The number of para-hydroxylation sites is 1. The van der Waals surface area contributed by atoms with E-state index in [-0.39, 0.29) is 12.3 Å². The summed E-state index contributed by atoms with van der Waals surface area (Å²) in [5.74, 6) is -0.256. The van der Waals surface area contributed by atoms with Crippen molar-refractivity contribution in [2.75, 3.05) is 18.2 Å². The number of carbonyl (C=O) groups is 2. The SMILES string of the molecule is COC(=O)c1c(NC(=O)CCSc2c(=O)o[nH][n+]2-c2ccccc2)sc2c1CCCCC2. The van der Waals surface area contributed by atoms with Gasteiger partial charge in [-0.3, -0.25) is 9.32 Å². The molecule has 0 atom stereocenters. The first-order valence-electron chi connectivity index (χ1n) is 10.4. The Bertz CT molecular complexity index is 1170. The van der Waals surface area contributed by atoms with Crippen LogP contribution in [0.2, 0.25) is 0 Å². The number of nitrogens with one attached hydrogen (secondary N) is 2. The van der Waals surface area contributed by atoms with Gasteiger partial charge < -0.3 is 10.1 Å². The van der Waals surface area contributed by atoms with E-state index < -0.39 is 11.6 Å². The number of amides is 1. The molecule has 0 radical (unpaired) electrons. The van der Waals surface area contributed by atoms with Crippen molar-refractivity contribution in [1.82, 2.24) is 5.27 Å². The highest BCUT2D eigenvalue weighted by atomic mass is 32.2. The number of thioether (sulfide) groups is 1. The van der Waals surface area contributed by atoms with E-state index in [0.717, 1.165) is 48.2 Å². The van der Waals surface area contributed by atoms with Gasteiger partial charge in [-0.1, -0.05) is 24.6 Å². The molecule has 0 bridgehead atoms. The predicted octanol–water partition coefficient (Wildman–Crippen LogP) is 3.48. The van der Waals surface area contributed by atoms with Crippen LogP contribution in [-0.2, 0) is 22.4 Å². The van der Waals surface area contributed by atoms with Crippen molar-refractivity contribution in [2.45, 2.75) is 43.6 Å². The van der Waals surface area contributed by atoms with Gasteiger partial charge in [0, 0.05) is 29.2 Å². The summed E-state index contributed by atoms with van der Waals surface area (Å²) in [6, 6.07) is 9.29. The quantitative estimate of drug-likeness (QED) is 0.235. The van der Waals surface area contributed by atoms with E-state index in [9.17, 15) is 14.4 Å². The Morgan fingerprint density at radius 3 is 2.78 bits per heavy atom. The molecule has 1 amide bonds. The molecule has 2 heterocycles. The van der Waals surface area contributed by atoms with Crippen molar-refractivity contribution in [3.63, 3.8) is 0 Å². The molecule has 32 heavy (non-hydrogen) atoms. The number of aromatic amines is 1. The van der Waals surface area contributed by atoms with Gasteiger partial charge in [-0.15, -0.1) is 11.3 Å². The summed E-state index contributed by atoms with van der Waals surface area (Å²) in [7, 11) is 1.36. The Morgan fingerprint density at radius 1 is 1.22 bits per heavy atom. The van der Waals surface area contributed by atoms with Gasteiger partial charge in [-0.05, 0) is 53.0 Å². The van der Waals surface area contributed by atoms with Gasteiger partial charge in [-0.25, -0.2) is 9.59 Å². The van der Waals surface area contributed by atoms with E-state index in [1.165, 1.54) is 30.2 Å². The van der Waals surface area contributed by atoms with Gasteiger partial charge in [0.1, 0.15) is 5.00 Å². The Labute approximate surface area is 192 Å². The predicted molar refractivity (Wildman–Crippen MR) is 122 cm³/mol. The number of hydrogen-bond acceptors (Lipinski definition) is 7. The second kappa shape index (κ2) is 10.2. The first kappa shape index (κ1) is 22.3. The minimum Gasteiger partial charge on any atom is -0.465 e. The number of ether oxygens (including phenoxy) is 1. The number of methoxy groups -OCH3 is 1. The molecule has 8 nitrogen and oxygen atoms in total. The summed E-state index contributed by atoms with van der Waals surface area (Å²) < 4.78 is 11.5. The number of nitrogens with zero attached hydrogens (tertiary/aromatic N) is 1. The zero-order valence-corrected chi connectivity index (χ0v) is 19.3. The smallest absolute Gasteiger partial charge is 0.442 e. The van der Waals surface area contributed by atoms with Crippen molar-refractivity contribution >= 4 is 40.0 Å². The summed E-state index contributed by atoms with van der Waals surface area (Å²) in [6.07, 6.45) is 5.16. The normalized spacial score (nSPS) is 13.3. The topological polar surface area (TPSA) is 105 Å². The Balaban J connectivity index is 1.43. The minimum absolute atomic E-state index is 0.174. The first-order valence-corrected chi connectivity index (χ1v) is 12.2. The lowest BCUT2D eigenvalue weighted by molar-refractivity contribution is -0.704. The standard InChI is InChI=1S/C22H23N3O5S2/c1-29-21(27)18-15-10-6-3-7-11-16(15)32-19(18)23-17(26)12-13-31-20-22(28)30-24-25(20)14-8-4-2-5-9-14/h2,4-5,8-9H,3,6-7,10-13H2,1H3,(H-,23,24,26,27,28)/p+1. The van der Waals surface area contributed by atoms with E-state index in [1.807, 2.05) is 30.3 Å². The molecular weight excluding hydrogens is 450 g/mol. The van der Waals surface area contributed by atoms with Crippen LogP contribution in [0.5, 0.6) is 0 Å². The largest absolute Gasteiger partial charge is 0.465 e. The third-order valence-electron chi connectivity index (χ3n) is 5.25. The van der Waals surface area contributed by atoms with Crippen LogP contribution in [0.25, 0.3) is 5.69 Å². The zero-order chi connectivity index (χ0) is 22.5. The third-order valence-corrected chi connectivity index (χ3v) is 7.49. The first-order chi connectivity index (χ1) is 15.6. The van der Waals surface area contributed by atoms with Gasteiger partial charge in [0.05, 0.1) is 12.7 Å². The second-order valence-corrected chi connectivity index (χ2v) is 9.55. The Hall–Kier alpha value is -2.85. The van der Waals surface area contributed by atoms with Crippen LogP contribution in [0, 0.1) is 0 Å². The van der Waals surface area contributed by atoms with Crippen LogP contribution in [0.3, 0.4) is 0 Å². The monoisotopic (exact) mass is 474 g/mol. The van der Waals surface area contributed by atoms with Gasteiger partial charge in [0.2, 0.25) is 11.6 Å². The number of aryl methyl sites for hydroxylation is 1. The molecule has 3 aromatic rings. The fraction of sp³-hybridized carbons (Fsp3) is 0.364. The Kier molecular flexibility index (Phi) is 7.11. The van der Waals surface area contributed by atoms with Crippen LogP contribution in [0.1, 0.15) is 46.5 Å². The Morgan fingerprint density at radius 2 is 2.00 bits per heavy atom. The van der Waals surface area contributed by atoms with Gasteiger partial charge in [0.15, 0.2) is 0 Å². The zero-order valence-electron chi connectivity index (χ0n) is 17.6. The molecule has 0 fully saturated rings. The van der Waals surface area contributed by atoms with Crippen LogP contribution in [0.15, 0.2) is 44.7 Å². The molecule has 0 spiro atoms. The summed E-state index contributed by atoms with van der Waals surface area (Å²) in [5, 5.41) is 6.40. The molecule has 0 aliphatic heterocycles. The highest BCUT2D eigenvalue weighted by Crippen LogP contribution is 2.38. The van der Waals surface area contributed by atoms with Crippen molar-refractivity contribution in [1.29, 1.82) is 0 Å². The molecule has 10 heteroatoms. The number of rotatable bonds is 7. The summed E-state index contributed by atoms with van der Waals surface area (Å²) in [4.78, 5) is 38.3. The van der Waals surface area contributed by atoms with Crippen LogP contribution in [-0.4, -0.2) is 30.0 Å². The number of benzene rings is 1. The number of fused-ring (bicyclic) bond motifs is 1. The summed E-state index contributed by atoms with van der Waals surface area (Å²) in [5.41, 5.74) is 1.77. The number of hydrogen-bond donors (Lipinski definition) is 2. The van der Waals surface area contributed by atoms with Gasteiger partial charge in [0.25, 0.3) is 0 Å². The van der Waals surface area contributed by atoms with E-state index in [1.54, 1.807) is 4.68 Å². The highest BCUT2D eigenvalue weighted by Gasteiger charge is 2.27. The average molecular weight is 475 g/mol. The van der Waals surface area contributed by atoms with E-state index in [0.29, 0.717) is 21.3 Å². The second-order valence-electron chi connectivity index (χ2n) is 7.36. The average Bonchev–Trinajstić information content (AvgIpc) is 3.24. The highest BCUT2D eigenvalue weighted by molar-refractivity contribution is 7.99. The lowest BCUT2D eigenvalue weighted by Gasteiger charge is -2.07. The van der Waals surface area contributed by atoms with Crippen molar-refractivity contribution in [3.05, 3.63) is 56.8 Å². The molecule has 168 valence electrons. The number of H-pyrrole nitrogens is 1.